The third-order valence-electron chi connectivity index (χ3n) is 4.17. The molecule has 0 bridgehead atoms. The highest BCUT2D eigenvalue weighted by Crippen LogP contribution is 2.15. The van der Waals surface area contributed by atoms with Crippen molar-refractivity contribution in [3.63, 3.8) is 0 Å². The Hall–Kier alpha value is -3.03. The minimum absolute atomic E-state index is 0.0122. The molecule has 2 heterocycles. The Morgan fingerprint density at radius 2 is 2.00 bits per heavy atom. The van der Waals surface area contributed by atoms with Crippen LogP contribution in [0.1, 0.15) is 33.2 Å². The summed E-state index contributed by atoms with van der Waals surface area (Å²) in [4.78, 5) is 41.8. The standard InChI is InChI=1S/C18H19FN4O3/c1-4-14(24)9-21-10-20-16-15(21)17(25)22(11(2)3)18(26)23(16)13-7-5-6-12(19)8-13/h5-8,10-11H,4,9H2,1-3H3. The van der Waals surface area contributed by atoms with Crippen molar-refractivity contribution >= 4 is 16.9 Å². The lowest BCUT2D eigenvalue weighted by Crippen LogP contribution is -2.41. The number of carbonyl (C=O) groups is 1. The maximum absolute atomic E-state index is 13.7. The van der Waals surface area contributed by atoms with E-state index in [-0.39, 0.29) is 29.2 Å². The number of benzene rings is 1. The van der Waals surface area contributed by atoms with Gasteiger partial charge in [0.2, 0.25) is 0 Å². The number of ketones is 1. The number of hydrogen-bond acceptors (Lipinski definition) is 4. The van der Waals surface area contributed by atoms with E-state index in [1.807, 2.05) is 0 Å². The fourth-order valence-electron chi connectivity index (χ4n) is 2.88. The molecular formula is C18H19FN4O3. The highest BCUT2D eigenvalue weighted by Gasteiger charge is 2.21. The quantitative estimate of drug-likeness (QED) is 0.699. The molecular weight excluding hydrogens is 339 g/mol. The first-order chi connectivity index (χ1) is 12.3. The molecule has 0 fully saturated rings. The molecule has 0 unspecified atom stereocenters. The monoisotopic (exact) mass is 358 g/mol. The Morgan fingerprint density at radius 3 is 2.62 bits per heavy atom. The predicted molar refractivity (Wildman–Crippen MR) is 95.2 cm³/mol. The van der Waals surface area contributed by atoms with Crippen molar-refractivity contribution in [1.29, 1.82) is 0 Å². The van der Waals surface area contributed by atoms with Gasteiger partial charge in [0.15, 0.2) is 16.9 Å². The maximum atomic E-state index is 13.7. The third-order valence-corrected chi connectivity index (χ3v) is 4.17. The van der Waals surface area contributed by atoms with E-state index in [0.717, 1.165) is 4.57 Å². The van der Waals surface area contributed by atoms with Gasteiger partial charge >= 0.3 is 5.69 Å². The summed E-state index contributed by atoms with van der Waals surface area (Å²) in [7, 11) is 0. The van der Waals surface area contributed by atoms with Gasteiger partial charge in [0.05, 0.1) is 18.6 Å². The number of aromatic nitrogens is 4. The smallest absolute Gasteiger partial charge is 0.317 e. The first-order valence-electron chi connectivity index (χ1n) is 8.35. The summed E-state index contributed by atoms with van der Waals surface area (Å²) in [6.45, 7) is 5.14. The highest BCUT2D eigenvalue weighted by atomic mass is 19.1. The van der Waals surface area contributed by atoms with Gasteiger partial charge in [0.1, 0.15) is 5.82 Å². The minimum atomic E-state index is -0.602. The second-order valence-corrected chi connectivity index (χ2v) is 6.30. The zero-order chi connectivity index (χ0) is 19.0. The van der Waals surface area contributed by atoms with Crippen LogP contribution >= 0.6 is 0 Å². The lowest BCUT2D eigenvalue weighted by molar-refractivity contribution is -0.119. The van der Waals surface area contributed by atoms with Gasteiger partial charge in [-0.3, -0.25) is 14.2 Å². The molecule has 1 aromatic carbocycles. The minimum Gasteiger partial charge on any atom is -0.317 e. The molecule has 0 aliphatic heterocycles. The SMILES string of the molecule is CCC(=O)Cn1cnc2c1c(=O)n(C(C)C)c(=O)n2-c1cccc(F)c1. The molecule has 0 saturated carbocycles. The summed E-state index contributed by atoms with van der Waals surface area (Å²) < 4.78 is 17.4. The van der Waals surface area contributed by atoms with Crippen molar-refractivity contribution in [2.24, 2.45) is 0 Å². The van der Waals surface area contributed by atoms with E-state index in [0.29, 0.717) is 6.42 Å². The Bertz CT molecular complexity index is 1110. The number of imidazole rings is 1. The molecule has 0 N–H and O–H groups in total. The van der Waals surface area contributed by atoms with E-state index in [1.165, 1.54) is 33.7 Å². The first kappa shape index (κ1) is 17.8. The van der Waals surface area contributed by atoms with Gasteiger partial charge in [-0.1, -0.05) is 13.0 Å². The van der Waals surface area contributed by atoms with Crippen molar-refractivity contribution in [2.45, 2.75) is 39.8 Å². The third kappa shape index (κ3) is 2.87. The summed E-state index contributed by atoms with van der Waals surface area (Å²) in [5.74, 6) is -0.575. The van der Waals surface area contributed by atoms with Gasteiger partial charge in [-0.05, 0) is 32.0 Å². The van der Waals surface area contributed by atoms with Gasteiger partial charge in [0, 0.05) is 12.5 Å². The van der Waals surface area contributed by atoms with E-state index in [4.69, 9.17) is 0 Å². The topological polar surface area (TPSA) is 78.9 Å². The Balaban J connectivity index is 2.43. The van der Waals surface area contributed by atoms with Crippen LogP contribution in [0.5, 0.6) is 0 Å². The Labute approximate surface area is 148 Å². The van der Waals surface area contributed by atoms with Gasteiger partial charge in [0.25, 0.3) is 5.56 Å². The number of halogens is 1. The van der Waals surface area contributed by atoms with E-state index >= 15 is 0 Å². The average molecular weight is 358 g/mol. The van der Waals surface area contributed by atoms with Crippen molar-refractivity contribution in [3.05, 3.63) is 57.2 Å². The molecule has 0 saturated heterocycles. The van der Waals surface area contributed by atoms with Crippen LogP contribution in [0.25, 0.3) is 16.9 Å². The van der Waals surface area contributed by atoms with Gasteiger partial charge in [-0.15, -0.1) is 0 Å². The summed E-state index contributed by atoms with van der Waals surface area (Å²) in [6.07, 6.45) is 1.68. The molecule has 0 aliphatic rings. The summed E-state index contributed by atoms with van der Waals surface area (Å²) in [5.41, 5.74) is -0.610. The Morgan fingerprint density at radius 1 is 1.27 bits per heavy atom. The maximum Gasteiger partial charge on any atom is 0.337 e. The molecule has 7 nitrogen and oxygen atoms in total. The van der Waals surface area contributed by atoms with Crippen LogP contribution < -0.4 is 11.2 Å². The normalized spacial score (nSPS) is 11.4. The number of nitrogens with zero attached hydrogens (tertiary/aromatic N) is 4. The summed E-state index contributed by atoms with van der Waals surface area (Å²) >= 11 is 0. The van der Waals surface area contributed by atoms with Gasteiger partial charge in [-0.2, -0.15) is 0 Å². The first-order valence-corrected chi connectivity index (χ1v) is 8.35. The van der Waals surface area contributed by atoms with Gasteiger partial charge < -0.3 is 4.57 Å². The van der Waals surface area contributed by atoms with Crippen LogP contribution in [-0.4, -0.2) is 24.5 Å². The fraction of sp³-hybridized carbons (Fsp3) is 0.333. The molecule has 3 rings (SSSR count). The van der Waals surface area contributed by atoms with Crippen molar-refractivity contribution in [3.8, 4) is 5.69 Å². The average Bonchev–Trinajstić information content (AvgIpc) is 2.98. The van der Waals surface area contributed by atoms with Crippen molar-refractivity contribution in [2.75, 3.05) is 0 Å². The predicted octanol–water partition coefficient (Wildman–Crippen LogP) is 2.05. The van der Waals surface area contributed by atoms with Gasteiger partial charge in [-0.25, -0.2) is 18.7 Å². The molecule has 0 atom stereocenters. The van der Waals surface area contributed by atoms with Crippen molar-refractivity contribution in [1.82, 2.24) is 18.7 Å². The number of hydrogen-bond donors (Lipinski definition) is 0. The van der Waals surface area contributed by atoms with Crippen molar-refractivity contribution < 1.29 is 9.18 Å². The fourth-order valence-corrected chi connectivity index (χ4v) is 2.88. The van der Waals surface area contributed by atoms with Crippen LogP contribution in [0.15, 0.2) is 40.2 Å². The molecule has 8 heteroatoms. The zero-order valence-electron chi connectivity index (χ0n) is 14.8. The number of fused-ring (bicyclic) bond motifs is 1. The van der Waals surface area contributed by atoms with Crippen LogP contribution in [-0.2, 0) is 11.3 Å². The highest BCUT2D eigenvalue weighted by molar-refractivity contribution is 5.80. The molecule has 2 aromatic heterocycles. The molecule has 136 valence electrons. The largest absolute Gasteiger partial charge is 0.337 e. The van der Waals surface area contributed by atoms with E-state index in [9.17, 15) is 18.8 Å². The van der Waals surface area contributed by atoms with E-state index < -0.39 is 23.1 Å². The molecule has 0 amide bonds. The van der Waals surface area contributed by atoms with Crippen LogP contribution in [0.4, 0.5) is 4.39 Å². The van der Waals surface area contributed by atoms with Crippen LogP contribution in [0.2, 0.25) is 0 Å². The number of rotatable bonds is 5. The second kappa shape index (κ2) is 6.70. The van der Waals surface area contributed by atoms with E-state index in [2.05, 4.69) is 4.98 Å². The second-order valence-electron chi connectivity index (χ2n) is 6.30. The summed E-state index contributed by atoms with van der Waals surface area (Å²) in [5, 5.41) is 0. The summed E-state index contributed by atoms with van der Waals surface area (Å²) in [6, 6.07) is 5.10. The lowest BCUT2D eigenvalue weighted by Gasteiger charge is -2.14. The number of Topliss-reactive ketones (excluding diaryl/α,β-unsaturated/α-hetero) is 1. The molecule has 0 radical (unpaired) electrons. The van der Waals surface area contributed by atoms with Crippen LogP contribution in [0, 0.1) is 5.82 Å². The van der Waals surface area contributed by atoms with E-state index in [1.54, 1.807) is 26.8 Å². The molecule has 0 aliphatic carbocycles. The zero-order valence-corrected chi connectivity index (χ0v) is 14.8. The number of carbonyl (C=O) groups excluding carboxylic acids is 1. The lowest BCUT2D eigenvalue weighted by atomic mass is 10.3. The molecule has 0 spiro atoms. The Kier molecular flexibility index (Phi) is 4.58. The molecule has 3 aromatic rings. The molecule has 26 heavy (non-hydrogen) atoms. The van der Waals surface area contributed by atoms with Crippen LogP contribution in [0.3, 0.4) is 0 Å².